The van der Waals surface area contributed by atoms with Gasteiger partial charge in [0.15, 0.2) is 0 Å². The summed E-state index contributed by atoms with van der Waals surface area (Å²) in [6.45, 7) is 7.13. The number of ether oxygens (including phenoxy) is 1. The topological polar surface area (TPSA) is 92.6 Å². The van der Waals surface area contributed by atoms with Crippen LogP contribution in [-0.2, 0) is 15.0 Å². The molecule has 4 fully saturated rings. The molecular weight excluding hydrogens is 582 g/mol. The third-order valence-corrected chi connectivity index (χ3v) is 12.5. The number of pyridine rings is 1. The van der Waals surface area contributed by atoms with Crippen LogP contribution in [0.25, 0.3) is 10.4 Å². The van der Waals surface area contributed by atoms with E-state index in [1.54, 1.807) is 18.4 Å². The van der Waals surface area contributed by atoms with Gasteiger partial charge >= 0.3 is 5.97 Å². The molecule has 0 saturated heterocycles. The van der Waals surface area contributed by atoms with Gasteiger partial charge in [-0.2, -0.15) is 0 Å². The van der Waals surface area contributed by atoms with Gasteiger partial charge in [-0.15, -0.1) is 11.3 Å². The molecule has 7 rings (SSSR count). The van der Waals surface area contributed by atoms with Gasteiger partial charge in [-0.25, -0.2) is 9.97 Å². The van der Waals surface area contributed by atoms with Crippen molar-refractivity contribution in [1.82, 2.24) is 9.97 Å². The minimum absolute atomic E-state index is 0.0758. The summed E-state index contributed by atoms with van der Waals surface area (Å²) in [7, 11) is 1.73. The number of carboxylic acids is 1. The standard InChI is InChI=1S/C37H47N3O4S/c1-24(2)34-39-22-31(45-34)28-11-18-38-32(21-28)40(35(43)27-7-5-26(6-8-27)20-33(41)42)23-36-12-15-37(16-13-36,17-14-36)29-9-10-30(44-4)25(3)19-29/h9-11,18-19,21-22,24,26-27H,5-8,12-17,20,23H2,1-4H3,(H,41,42). The summed E-state index contributed by atoms with van der Waals surface area (Å²) < 4.78 is 5.54. The SMILES string of the molecule is COc1ccc(C23CCC(CN(C(=O)C4CCC(CC(=O)O)CC4)c4cc(-c5cnc(C(C)C)s5)ccn4)(CC2)CC3)cc1C. The maximum atomic E-state index is 14.4. The van der Waals surface area contributed by atoms with Gasteiger partial charge in [0.25, 0.3) is 0 Å². The summed E-state index contributed by atoms with van der Waals surface area (Å²) in [5, 5.41) is 10.4. The van der Waals surface area contributed by atoms with Crippen molar-refractivity contribution < 1.29 is 19.4 Å². The molecule has 4 aliphatic carbocycles. The van der Waals surface area contributed by atoms with Crippen LogP contribution in [0.2, 0.25) is 0 Å². The van der Waals surface area contributed by atoms with E-state index in [0.717, 1.165) is 91.2 Å². The lowest BCUT2D eigenvalue weighted by atomic mass is 9.51. The zero-order chi connectivity index (χ0) is 31.8. The molecule has 0 spiro atoms. The average molecular weight is 630 g/mol. The summed E-state index contributed by atoms with van der Waals surface area (Å²) in [5.74, 6) is 1.51. The summed E-state index contributed by atoms with van der Waals surface area (Å²) >= 11 is 1.70. The van der Waals surface area contributed by atoms with Crippen molar-refractivity contribution in [2.24, 2.45) is 17.3 Å². The van der Waals surface area contributed by atoms with E-state index in [0.29, 0.717) is 12.5 Å². The normalized spacial score (nSPS) is 26.2. The molecule has 240 valence electrons. The smallest absolute Gasteiger partial charge is 0.303 e. The fourth-order valence-corrected chi connectivity index (χ4v) is 9.15. The number of anilines is 1. The number of rotatable bonds is 10. The third kappa shape index (κ3) is 6.53. The quantitative estimate of drug-likeness (QED) is 0.242. The van der Waals surface area contributed by atoms with Crippen molar-refractivity contribution in [2.45, 2.75) is 103 Å². The third-order valence-electron chi connectivity index (χ3n) is 11.2. The Bertz CT molecular complexity index is 1520. The van der Waals surface area contributed by atoms with E-state index in [1.165, 1.54) is 11.1 Å². The van der Waals surface area contributed by atoms with Gasteiger partial charge in [0.2, 0.25) is 5.91 Å². The highest BCUT2D eigenvalue weighted by Crippen LogP contribution is 2.58. The monoisotopic (exact) mass is 629 g/mol. The number of hydrogen-bond acceptors (Lipinski definition) is 6. The van der Waals surface area contributed by atoms with Gasteiger partial charge in [0.05, 0.1) is 17.0 Å². The number of carbonyl (C=O) groups is 2. The van der Waals surface area contributed by atoms with Crippen LogP contribution in [0, 0.1) is 24.2 Å². The number of methoxy groups -OCH3 is 1. The number of carbonyl (C=O) groups excluding carboxylic acids is 1. The molecule has 7 nitrogen and oxygen atoms in total. The Balaban J connectivity index is 1.25. The maximum absolute atomic E-state index is 14.4. The van der Waals surface area contributed by atoms with Crippen molar-refractivity contribution in [2.75, 3.05) is 18.6 Å². The Morgan fingerprint density at radius 3 is 2.33 bits per heavy atom. The molecule has 0 radical (unpaired) electrons. The molecule has 2 aromatic heterocycles. The predicted octanol–water partition coefficient (Wildman–Crippen LogP) is 8.55. The van der Waals surface area contributed by atoms with Gasteiger partial charge in [-0.1, -0.05) is 26.0 Å². The van der Waals surface area contributed by atoms with Crippen LogP contribution in [0.4, 0.5) is 5.82 Å². The number of benzene rings is 1. The van der Waals surface area contributed by atoms with Crippen LogP contribution >= 0.6 is 11.3 Å². The molecular formula is C37H47N3O4S. The minimum atomic E-state index is -0.745. The van der Waals surface area contributed by atoms with E-state index in [9.17, 15) is 14.7 Å². The molecule has 0 atom stereocenters. The second-order valence-corrected chi connectivity index (χ2v) is 15.4. The van der Waals surface area contributed by atoms with Gasteiger partial charge < -0.3 is 9.84 Å². The fraction of sp³-hybridized carbons (Fsp3) is 0.568. The molecule has 4 saturated carbocycles. The Morgan fingerprint density at radius 1 is 1.02 bits per heavy atom. The molecule has 2 bridgehead atoms. The van der Waals surface area contributed by atoms with E-state index in [1.807, 2.05) is 23.4 Å². The molecule has 1 N–H and O–H groups in total. The maximum Gasteiger partial charge on any atom is 0.303 e. The molecule has 3 aromatic rings. The largest absolute Gasteiger partial charge is 0.496 e. The first-order chi connectivity index (χ1) is 21.6. The molecule has 2 heterocycles. The average Bonchev–Trinajstić information content (AvgIpc) is 3.56. The first-order valence-electron chi connectivity index (χ1n) is 16.7. The lowest BCUT2D eigenvalue weighted by molar-refractivity contribution is -0.138. The number of carboxylic acid groups (broad SMARTS) is 1. The van der Waals surface area contributed by atoms with Crippen LogP contribution in [-0.4, -0.2) is 40.6 Å². The minimum Gasteiger partial charge on any atom is -0.496 e. The number of thiazole rings is 1. The first kappa shape index (κ1) is 31.7. The van der Waals surface area contributed by atoms with E-state index in [-0.39, 0.29) is 35.0 Å². The van der Waals surface area contributed by atoms with Gasteiger partial charge in [-0.05, 0) is 123 Å². The molecule has 1 aromatic carbocycles. The number of fused-ring (bicyclic) bond motifs is 3. The first-order valence-corrected chi connectivity index (χ1v) is 17.5. The highest BCUT2D eigenvalue weighted by atomic mass is 32.1. The van der Waals surface area contributed by atoms with Crippen molar-refractivity contribution in [3.8, 4) is 16.2 Å². The molecule has 0 unspecified atom stereocenters. The van der Waals surface area contributed by atoms with Gasteiger partial charge in [-0.3, -0.25) is 14.5 Å². The van der Waals surface area contributed by atoms with Crippen LogP contribution in [0.15, 0.2) is 42.7 Å². The number of aryl methyl sites for hydroxylation is 1. The number of amides is 1. The second kappa shape index (κ2) is 12.9. The lowest BCUT2D eigenvalue weighted by Gasteiger charge is -2.55. The van der Waals surface area contributed by atoms with E-state index in [2.05, 4.69) is 50.0 Å². The van der Waals surface area contributed by atoms with Crippen molar-refractivity contribution in [1.29, 1.82) is 0 Å². The van der Waals surface area contributed by atoms with Crippen LogP contribution < -0.4 is 9.64 Å². The number of hydrogen-bond donors (Lipinski definition) is 1. The van der Waals surface area contributed by atoms with E-state index in [4.69, 9.17) is 9.72 Å². The van der Waals surface area contributed by atoms with Crippen molar-refractivity contribution in [3.05, 3.63) is 58.9 Å². The molecule has 1 amide bonds. The lowest BCUT2D eigenvalue weighted by Crippen LogP contribution is -2.52. The van der Waals surface area contributed by atoms with Crippen LogP contribution in [0.5, 0.6) is 5.75 Å². The van der Waals surface area contributed by atoms with Crippen LogP contribution in [0.3, 0.4) is 0 Å². The predicted molar refractivity (Wildman–Crippen MR) is 179 cm³/mol. The Hall–Kier alpha value is -3.26. The van der Waals surface area contributed by atoms with Crippen molar-refractivity contribution in [3.63, 3.8) is 0 Å². The highest BCUT2D eigenvalue weighted by molar-refractivity contribution is 7.15. The Morgan fingerprint density at radius 2 is 1.73 bits per heavy atom. The molecule has 4 aliphatic rings. The number of nitrogens with zero attached hydrogens (tertiary/aromatic N) is 3. The second-order valence-electron chi connectivity index (χ2n) is 14.3. The van der Waals surface area contributed by atoms with E-state index >= 15 is 0 Å². The summed E-state index contributed by atoms with van der Waals surface area (Å²) in [5.41, 5.74) is 3.95. The summed E-state index contributed by atoms with van der Waals surface area (Å²) in [4.78, 5) is 38.3. The number of aliphatic carboxylic acids is 1. The van der Waals surface area contributed by atoms with Crippen LogP contribution in [0.1, 0.15) is 107 Å². The molecule has 45 heavy (non-hydrogen) atoms. The fourth-order valence-electron chi connectivity index (χ4n) is 8.24. The summed E-state index contributed by atoms with van der Waals surface area (Å²) in [6.07, 6.45) is 13.7. The zero-order valence-electron chi connectivity index (χ0n) is 27.2. The zero-order valence-corrected chi connectivity index (χ0v) is 28.0. The van der Waals surface area contributed by atoms with E-state index < -0.39 is 5.97 Å². The highest BCUT2D eigenvalue weighted by Gasteiger charge is 2.51. The number of aromatic nitrogens is 2. The molecule has 8 heteroatoms. The Labute approximate surface area is 271 Å². The summed E-state index contributed by atoms with van der Waals surface area (Å²) in [6, 6.07) is 10.8. The molecule has 0 aliphatic heterocycles. The van der Waals surface area contributed by atoms with Gasteiger partial charge in [0.1, 0.15) is 11.6 Å². The Kier molecular flexibility index (Phi) is 9.06. The van der Waals surface area contributed by atoms with Crippen molar-refractivity contribution >= 4 is 29.0 Å². The van der Waals surface area contributed by atoms with Gasteiger partial charge in [0, 0.05) is 37.2 Å².